The van der Waals surface area contributed by atoms with Crippen molar-refractivity contribution in [3.05, 3.63) is 126 Å². The van der Waals surface area contributed by atoms with Crippen LogP contribution in [0, 0.1) is 3.57 Å². The molecule has 0 atom stereocenters. The number of carbonyl (C=O) groups is 2. The van der Waals surface area contributed by atoms with E-state index in [1.807, 2.05) is 54.6 Å². The average molecular weight is 767 g/mol. The number of thioether (sulfide) groups is 1. The number of anilines is 1. The van der Waals surface area contributed by atoms with Gasteiger partial charge in [-0.25, -0.2) is 9.79 Å². The topological polar surface area (TPSA) is 79.2 Å². The van der Waals surface area contributed by atoms with Crippen LogP contribution in [0.25, 0.3) is 6.08 Å². The van der Waals surface area contributed by atoms with Gasteiger partial charge in [-0.3, -0.25) is 9.69 Å². The van der Waals surface area contributed by atoms with Gasteiger partial charge >= 0.3 is 5.97 Å². The number of carbonyl (C=O) groups excluding carboxylic acids is 1. The van der Waals surface area contributed by atoms with Gasteiger partial charge in [0.05, 0.1) is 29.9 Å². The summed E-state index contributed by atoms with van der Waals surface area (Å²) in [4.78, 5) is 32.0. The molecule has 1 saturated heterocycles. The maximum Gasteiger partial charge on any atom is 0.335 e. The van der Waals surface area contributed by atoms with Crippen LogP contribution in [0.5, 0.6) is 5.75 Å². The van der Waals surface area contributed by atoms with Gasteiger partial charge in [-0.05, 0) is 140 Å². The second-order valence-corrected chi connectivity index (χ2v) is 12.8. The molecule has 0 spiro atoms. The van der Waals surface area contributed by atoms with Crippen LogP contribution in [0.3, 0.4) is 0 Å². The Morgan fingerprint density at radius 3 is 2.14 bits per heavy atom. The van der Waals surface area contributed by atoms with E-state index >= 15 is 0 Å². The fourth-order valence-corrected chi connectivity index (χ4v) is 7.19. The molecule has 1 heterocycles. The number of amides is 1. The second kappa shape index (κ2) is 13.9. The highest BCUT2D eigenvalue weighted by atomic mass is 127. The van der Waals surface area contributed by atoms with Gasteiger partial charge in [-0.15, -0.1) is 0 Å². The van der Waals surface area contributed by atoms with E-state index in [0.29, 0.717) is 15.8 Å². The van der Waals surface area contributed by atoms with Crippen molar-refractivity contribution in [3.8, 4) is 5.75 Å². The molecule has 0 aliphatic carbocycles. The minimum Gasteiger partial charge on any atom is -0.487 e. The maximum absolute atomic E-state index is 13.8. The van der Waals surface area contributed by atoms with E-state index in [-0.39, 0.29) is 18.1 Å². The van der Waals surface area contributed by atoms with Gasteiger partial charge in [0.2, 0.25) is 0 Å². The first-order valence-corrected chi connectivity index (χ1v) is 16.4. The fraction of sp³-hybridized carbons (Fsp3) is 0.147. The standard InChI is InChI=1S/C34H28BrIN2O4S/c1-3-21-7-13-26(14-8-21)37-34-38(27-15-9-22(4-2)10-16-27)32(39)30(43-34)19-24-17-28(35)31(29(36)18-24)42-20-23-5-11-25(12-6-23)33(40)41/h5-19H,3-4,20H2,1-2H3,(H,40,41)/b30-19-,37-34?. The summed E-state index contributed by atoms with van der Waals surface area (Å²) in [5, 5.41) is 9.72. The molecular formula is C34H28BrIN2O4S. The molecule has 0 unspecified atom stereocenters. The van der Waals surface area contributed by atoms with Gasteiger partial charge in [-0.1, -0.05) is 50.2 Å². The molecule has 1 aliphatic rings. The number of rotatable bonds is 9. The number of hydrogen-bond acceptors (Lipinski definition) is 5. The average Bonchev–Trinajstić information content (AvgIpc) is 3.30. The molecule has 0 aromatic heterocycles. The Morgan fingerprint density at radius 1 is 0.953 bits per heavy atom. The summed E-state index contributed by atoms with van der Waals surface area (Å²) in [5.74, 6) is -0.421. The molecule has 1 fully saturated rings. The van der Waals surface area contributed by atoms with Crippen molar-refractivity contribution in [2.24, 2.45) is 4.99 Å². The third-order valence-corrected chi connectivity index (χ3v) is 9.24. The number of aromatic carboxylic acids is 1. The van der Waals surface area contributed by atoms with Gasteiger partial charge in [-0.2, -0.15) is 0 Å². The van der Waals surface area contributed by atoms with E-state index in [1.54, 1.807) is 29.2 Å². The predicted molar refractivity (Wildman–Crippen MR) is 186 cm³/mol. The molecule has 1 amide bonds. The van der Waals surface area contributed by atoms with E-state index in [9.17, 15) is 9.59 Å². The van der Waals surface area contributed by atoms with E-state index in [0.717, 1.165) is 43.4 Å². The molecule has 1 N–H and O–H groups in total. The zero-order chi connectivity index (χ0) is 30.5. The van der Waals surface area contributed by atoms with Crippen molar-refractivity contribution in [3.63, 3.8) is 0 Å². The van der Waals surface area contributed by atoms with Crippen LogP contribution >= 0.6 is 50.3 Å². The molecule has 4 aromatic carbocycles. The van der Waals surface area contributed by atoms with Gasteiger partial charge in [0, 0.05) is 0 Å². The number of ether oxygens (including phenoxy) is 1. The highest BCUT2D eigenvalue weighted by molar-refractivity contribution is 14.1. The number of aryl methyl sites for hydroxylation is 2. The van der Waals surface area contributed by atoms with Crippen LogP contribution in [-0.2, 0) is 24.2 Å². The van der Waals surface area contributed by atoms with Crippen molar-refractivity contribution in [1.82, 2.24) is 0 Å². The molecular weight excluding hydrogens is 739 g/mol. The van der Waals surface area contributed by atoms with Crippen LogP contribution in [0.1, 0.15) is 46.5 Å². The lowest BCUT2D eigenvalue weighted by atomic mass is 10.1. The normalized spacial score (nSPS) is 15.0. The van der Waals surface area contributed by atoms with Crippen LogP contribution in [0.15, 0.2) is 99.3 Å². The summed E-state index contributed by atoms with van der Waals surface area (Å²) < 4.78 is 7.69. The monoisotopic (exact) mass is 766 g/mol. The Hall–Kier alpha value is -3.41. The van der Waals surface area contributed by atoms with Gasteiger partial charge < -0.3 is 9.84 Å². The number of amidine groups is 1. The number of carboxylic acid groups (broad SMARTS) is 1. The molecule has 43 heavy (non-hydrogen) atoms. The fourth-order valence-electron chi connectivity index (χ4n) is 4.42. The SMILES string of the molecule is CCc1ccc(N=C2S/C(=C\c3cc(Br)c(OCc4ccc(C(=O)O)cc4)c(I)c3)C(=O)N2c2ccc(CC)cc2)cc1. The number of nitrogens with zero attached hydrogens (tertiary/aromatic N) is 2. The lowest BCUT2D eigenvalue weighted by Gasteiger charge is -2.16. The van der Waals surface area contributed by atoms with Crippen molar-refractivity contribution < 1.29 is 19.4 Å². The van der Waals surface area contributed by atoms with E-state index in [1.165, 1.54) is 22.9 Å². The van der Waals surface area contributed by atoms with Crippen LogP contribution in [0.2, 0.25) is 0 Å². The summed E-state index contributed by atoms with van der Waals surface area (Å²) in [6.07, 6.45) is 3.75. The van der Waals surface area contributed by atoms with Crippen LogP contribution in [0.4, 0.5) is 11.4 Å². The predicted octanol–water partition coefficient (Wildman–Crippen LogP) is 9.26. The number of benzene rings is 4. The lowest BCUT2D eigenvalue weighted by Crippen LogP contribution is -2.28. The lowest BCUT2D eigenvalue weighted by molar-refractivity contribution is -0.113. The van der Waals surface area contributed by atoms with Crippen LogP contribution in [-0.4, -0.2) is 22.2 Å². The first-order chi connectivity index (χ1) is 20.7. The Labute approximate surface area is 277 Å². The number of hydrogen-bond donors (Lipinski definition) is 1. The summed E-state index contributed by atoms with van der Waals surface area (Å²) in [7, 11) is 0. The van der Waals surface area contributed by atoms with Crippen molar-refractivity contribution in [1.29, 1.82) is 0 Å². The van der Waals surface area contributed by atoms with Gasteiger partial charge in [0.1, 0.15) is 12.4 Å². The summed E-state index contributed by atoms with van der Waals surface area (Å²) in [5.41, 5.74) is 5.94. The summed E-state index contributed by atoms with van der Waals surface area (Å²) in [6.45, 7) is 4.51. The zero-order valence-corrected chi connectivity index (χ0v) is 28.1. The van der Waals surface area contributed by atoms with Crippen molar-refractivity contribution in [2.75, 3.05) is 4.90 Å². The quantitative estimate of drug-likeness (QED) is 0.136. The Morgan fingerprint density at radius 2 is 1.56 bits per heavy atom. The smallest absolute Gasteiger partial charge is 0.335 e. The van der Waals surface area contributed by atoms with Gasteiger partial charge in [0.25, 0.3) is 5.91 Å². The minimum absolute atomic E-state index is 0.130. The summed E-state index contributed by atoms with van der Waals surface area (Å²) >= 11 is 7.21. The third kappa shape index (κ3) is 7.39. The van der Waals surface area contributed by atoms with Gasteiger partial charge in [0.15, 0.2) is 5.17 Å². The molecule has 1 aliphatic heterocycles. The second-order valence-electron chi connectivity index (χ2n) is 9.79. The molecule has 0 bridgehead atoms. The largest absolute Gasteiger partial charge is 0.487 e. The van der Waals surface area contributed by atoms with Crippen molar-refractivity contribution in [2.45, 2.75) is 33.3 Å². The highest BCUT2D eigenvalue weighted by Gasteiger charge is 2.35. The first kappa shape index (κ1) is 31.0. The molecule has 9 heteroatoms. The Kier molecular flexibility index (Phi) is 10.0. The number of halogens is 2. The molecule has 0 radical (unpaired) electrons. The van der Waals surface area contributed by atoms with E-state index in [4.69, 9.17) is 14.8 Å². The maximum atomic E-state index is 13.8. The summed E-state index contributed by atoms with van der Waals surface area (Å²) in [6, 6.07) is 26.6. The molecule has 218 valence electrons. The molecule has 4 aromatic rings. The Bertz CT molecular complexity index is 1700. The van der Waals surface area contributed by atoms with E-state index < -0.39 is 5.97 Å². The van der Waals surface area contributed by atoms with E-state index in [2.05, 4.69) is 64.5 Å². The Balaban J connectivity index is 1.42. The molecule has 0 saturated carbocycles. The zero-order valence-electron chi connectivity index (χ0n) is 23.5. The van der Waals surface area contributed by atoms with Crippen LogP contribution < -0.4 is 9.64 Å². The highest BCUT2D eigenvalue weighted by Crippen LogP contribution is 2.39. The van der Waals surface area contributed by atoms with Crippen molar-refractivity contribution >= 4 is 84.8 Å². The number of aliphatic imine (C=N–C) groups is 1. The first-order valence-electron chi connectivity index (χ1n) is 13.7. The minimum atomic E-state index is -0.963. The third-order valence-electron chi connectivity index (χ3n) is 6.88. The number of carboxylic acids is 1. The molecule has 5 rings (SSSR count). The molecule has 6 nitrogen and oxygen atoms in total.